The van der Waals surface area contributed by atoms with Crippen molar-refractivity contribution in [2.45, 2.75) is 6.54 Å². The van der Waals surface area contributed by atoms with Gasteiger partial charge < -0.3 is 10.2 Å². The average molecular weight is 368 g/mol. The smallest absolute Gasteiger partial charge is 0.261 e. The zero-order valence-electron chi connectivity index (χ0n) is 15.5. The minimum absolute atomic E-state index is 0.0483. The van der Waals surface area contributed by atoms with Crippen molar-refractivity contribution in [2.75, 3.05) is 31.1 Å². The van der Waals surface area contributed by atoms with Gasteiger partial charge in [0, 0.05) is 37.4 Å². The molecule has 0 radical (unpaired) electrons. The van der Waals surface area contributed by atoms with Crippen molar-refractivity contribution < 1.29 is 0 Å². The highest BCUT2D eigenvalue weighted by molar-refractivity contribution is 5.90. The lowest BCUT2D eigenvalue weighted by atomic mass is 10.0. The Hall–Kier alpha value is -3.18. The van der Waals surface area contributed by atoms with Crippen LogP contribution < -0.4 is 15.8 Å². The Balaban J connectivity index is 1.54. The minimum Gasteiger partial charge on any atom is -0.369 e. The summed E-state index contributed by atoms with van der Waals surface area (Å²) in [6.45, 7) is 4.52. The molecule has 6 rings (SSSR count). The topological polar surface area (TPSA) is 50.2 Å². The van der Waals surface area contributed by atoms with Gasteiger partial charge in [-0.1, -0.05) is 24.3 Å². The van der Waals surface area contributed by atoms with Crippen LogP contribution in [0.1, 0.15) is 5.56 Å². The fourth-order valence-electron chi connectivity index (χ4n) is 4.48. The Morgan fingerprint density at radius 1 is 0.929 bits per heavy atom. The van der Waals surface area contributed by atoms with Crippen LogP contribution in [0.2, 0.25) is 0 Å². The molecule has 2 aliphatic rings. The molecule has 0 spiro atoms. The van der Waals surface area contributed by atoms with E-state index in [0.29, 0.717) is 11.9 Å². The third-order valence-corrected chi connectivity index (χ3v) is 5.96. The molecule has 0 amide bonds. The number of anilines is 1. The SMILES string of the molecule is O=c1c2ccc(N3CCNCC3)cc2nc2n1Cc1cc3ccccc3cc1-2. The molecule has 0 bridgehead atoms. The van der Waals surface area contributed by atoms with E-state index in [2.05, 4.69) is 46.6 Å². The van der Waals surface area contributed by atoms with Gasteiger partial charge in [0.05, 0.1) is 17.4 Å². The summed E-state index contributed by atoms with van der Waals surface area (Å²) in [5.74, 6) is 0.788. The monoisotopic (exact) mass is 368 g/mol. The molecule has 28 heavy (non-hydrogen) atoms. The first-order valence-electron chi connectivity index (χ1n) is 9.80. The van der Waals surface area contributed by atoms with Gasteiger partial charge in [0.15, 0.2) is 0 Å². The van der Waals surface area contributed by atoms with Gasteiger partial charge in [-0.05, 0) is 46.7 Å². The summed E-state index contributed by atoms with van der Waals surface area (Å²) in [6, 6.07) is 18.7. The number of nitrogens with one attached hydrogen (secondary N) is 1. The van der Waals surface area contributed by atoms with E-state index in [4.69, 9.17) is 4.98 Å². The standard InChI is InChI=1S/C23H20N4O/c28-23-19-6-5-18(26-9-7-24-8-10-26)13-21(19)25-22-20-12-16-4-2-1-3-15(16)11-17(20)14-27(22)23/h1-6,11-13,24H,7-10,14H2. The molecule has 3 aromatic carbocycles. The molecule has 2 aliphatic heterocycles. The number of aromatic nitrogens is 2. The van der Waals surface area contributed by atoms with Crippen molar-refractivity contribution in [1.29, 1.82) is 0 Å². The highest BCUT2D eigenvalue weighted by atomic mass is 16.1. The van der Waals surface area contributed by atoms with E-state index in [1.807, 2.05) is 22.8 Å². The first kappa shape index (κ1) is 15.8. The fourth-order valence-corrected chi connectivity index (χ4v) is 4.48. The van der Waals surface area contributed by atoms with Crippen LogP contribution in [0.5, 0.6) is 0 Å². The highest BCUT2D eigenvalue weighted by Gasteiger charge is 2.23. The fraction of sp³-hybridized carbons (Fsp3) is 0.217. The molecule has 1 saturated heterocycles. The summed E-state index contributed by atoms with van der Waals surface area (Å²) >= 11 is 0. The van der Waals surface area contributed by atoms with Gasteiger partial charge >= 0.3 is 0 Å². The summed E-state index contributed by atoms with van der Waals surface area (Å²) in [5.41, 5.74) is 4.22. The second-order valence-corrected chi connectivity index (χ2v) is 7.62. The van der Waals surface area contributed by atoms with Gasteiger partial charge in [-0.15, -0.1) is 0 Å². The number of nitrogens with zero attached hydrogens (tertiary/aromatic N) is 3. The van der Waals surface area contributed by atoms with E-state index in [1.54, 1.807) is 0 Å². The molecule has 0 saturated carbocycles. The zero-order valence-corrected chi connectivity index (χ0v) is 15.5. The van der Waals surface area contributed by atoms with Crippen LogP contribution >= 0.6 is 0 Å². The largest absolute Gasteiger partial charge is 0.369 e. The third-order valence-electron chi connectivity index (χ3n) is 5.96. The average Bonchev–Trinajstić information content (AvgIpc) is 3.10. The number of piperazine rings is 1. The normalized spacial score (nSPS) is 15.8. The Bertz CT molecular complexity index is 1300. The number of hydrogen-bond acceptors (Lipinski definition) is 4. The van der Waals surface area contributed by atoms with E-state index in [9.17, 15) is 4.79 Å². The van der Waals surface area contributed by atoms with Gasteiger partial charge in [0.25, 0.3) is 5.56 Å². The van der Waals surface area contributed by atoms with Crippen LogP contribution in [0.4, 0.5) is 5.69 Å². The van der Waals surface area contributed by atoms with Gasteiger partial charge in [0.2, 0.25) is 0 Å². The van der Waals surface area contributed by atoms with E-state index in [0.717, 1.165) is 48.8 Å². The predicted molar refractivity (Wildman–Crippen MR) is 113 cm³/mol. The molecular formula is C23H20N4O. The Morgan fingerprint density at radius 2 is 1.71 bits per heavy atom. The third kappa shape index (κ3) is 2.29. The van der Waals surface area contributed by atoms with Crippen LogP contribution in [-0.4, -0.2) is 35.7 Å². The van der Waals surface area contributed by atoms with Gasteiger partial charge in [-0.3, -0.25) is 9.36 Å². The number of hydrogen-bond donors (Lipinski definition) is 1. The van der Waals surface area contributed by atoms with E-state index in [1.165, 1.54) is 16.3 Å². The maximum Gasteiger partial charge on any atom is 0.261 e. The second-order valence-electron chi connectivity index (χ2n) is 7.62. The van der Waals surface area contributed by atoms with Crippen molar-refractivity contribution >= 4 is 27.4 Å². The van der Waals surface area contributed by atoms with E-state index in [-0.39, 0.29) is 5.56 Å². The van der Waals surface area contributed by atoms with Crippen LogP contribution in [0, 0.1) is 0 Å². The molecule has 3 heterocycles. The molecule has 0 unspecified atom stereocenters. The number of fused-ring (bicyclic) bond motifs is 5. The van der Waals surface area contributed by atoms with Crippen molar-refractivity contribution in [1.82, 2.24) is 14.9 Å². The maximum absolute atomic E-state index is 13.2. The lowest BCUT2D eigenvalue weighted by molar-refractivity contribution is 0.589. The first-order chi connectivity index (χ1) is 13.8. The lowest BCUT2D eigenvalue weighted by Crippen LogP contribution is -2.43. The lowest BCUT2D eigenvalue weighted by Gasteiger charge is -2.29. The van der Waals surface area contributed by atoms with Crippen molar-refractivity contribution in [2.24, 2.45) is 0 Å². The van der Waals surface area contributed by atoms with Crippen LogP contribution in [0.25, 0.3) is 33.1 Å². The Morgan fingerprint density at radius 3 is 2.54 bits per heavy atom. The van der Waals surface area contributed by atoms with E-state index < -0.39 is 0 Å². The minimum atomic E-state index is 0.0483. The summed E-state index contributed by atoms with van der Waals surface area (Å²) in [5, 5.41) is 6.45. The summed E-state index contributed by atoms with van der Waals surface area (Å²) in [7, 11) is 0. The molecule has 0 atom stereocenters. The summed E-state index contributed by atoms with van der Waals surface area (Å²) in [6.07, 6.45) is 0. The molecule has 5 nitrogen and oxygen atoms in total. The Kier molecular flexibility index (Phi) is 3.34. The Labute approximate surface area is 162 Å². The van der Waals surface area contributed by atoms with Crippen LogP contribution in [-0.2, 0) is 6.54 Å². The molecular weight excluding hydrogens is 348 g/mol. The van der Waals surface area contributed by atoms with Gasteiger partial charge in [-0.2, -0.15) is 0 Å². The summed E-state index contributed by atoms with van der Waals surface area (Å²) < 4.78 is 1.82. The summed E-state index contributed by atoms with van der Waals surface area (Å²) in [4.78, 5) is 20.5. The van der Waals surface area contributed by atoms with Crippen molar-refractivity contribution in [3.8, 4) is 11.4 Å². The second kappa shape index (κ2) is 5.91. The quantitative estimate of drug-likeness (QED) is 0.494. The van der Waals surface area contributed by atoms with Crippen molar-refractivity contribution in [3.05, 3.63) is 70.5 Å². The molecule has 138 valence electrons. The number of benzene rings is 3. The van der Waals surface area contributed by atoms with E-state index >= 15 is 0 Å². The first-order valence-corrected chi connectivity index (χ1v) is 9.80. The van der Waals surface area contributed by atoms with Crippen LogP contribution in [0.3, 0.4) is 0 Å². The molecule has 1 aromatic heterocycles. The molecule has 1 fully saturated rings. The van der Waals surface area contributed by atoms with Crippen LogP contribution in [0.15, 0.2) is 59.4 Å². The maximum atomic E-state index is 13.2. The highest BCUT2D eigenvalue weighted by Crippen LogP contribution is 2.34. The molecule has 1 N–H and O–H groups in total. The van der Waals surface area contributed by atoms with Gasteiger partial charge in [-0.25, -0.2) is 4.98 Å². The predicted octanol–water partition coefficient (Wildman–Crippen LogP) is 2.99. The molecule has 4 aromatic rings. The van der Waals surface area contributed by atoms with Gasteiger partial charge in [0.1, 0.15) is 5.82 Å². The number of rotatable bonds is 1. The van der Waals surface area contributed by atoms with Crippen molar-refractivity contribution in [3.63, 3.8) is 0 Å². The molecule has 0 aliphatic carbocycles. The molecule has 5 heteroatoms. The zero-order chi connectivity index (χ0) is 18.7.